The van der Waals surface area contributed by atoms with Crippen LogP contribution in [0.15, 0.2) is 24.3 Å². The van der Waals surface area contributed by atoms with Crippen LogP contribution in [-0.4, -0.2) is 24.2 Å². The van der Waals surface area contributed by atoms with Gasteiger partial charge in [-0.05, 0) is 18.1 Å². The Bertz CT molecular complexity index is 438. The van der Waals surface area contributed by atoms with E-state index in [1.165, 1.54) is 11.8 Å². The minimum absolute atomic E-state index is 0.218. The van der Waals surface area contributed by atoms with Gasteiger partial charge in [0.05, 0.1) is 18.8 Å². The van der Waals surface area contributed by atoms with Gasteiger partial charge in [0.1, 0.15) is 0 Å². The fraction of sp³-hybridized carbons (Fsp3) is 0.385. The van der Waals surface area contributed by atoms with Gasteiger partial charge in [0, 0.05) is 5.75 Å². The second kappa shape index (κ2) is 8.55. The number of carbonyl (C=O) groups is 2. The number of nitrogens with one attached hydrogen (secondary N) is 1. The van der Waals surface area contributed by atoms with E-state index < -0.39 is 0 Å². The van der Waals surface area contributed by atoms with E-state index in [9.17, 15) is 9.59 Å². The molecule has 0 unspecified atom stereocenters. The molecule has 0 saturated carbocycles. The molecule has 0 atom stereocenters. The number of rotatable bonds is 7. The zero-order valence-corrected chi connectivity index (χ0v) is 11.7. The van der Waals surface area contributed by atoms with Gasteiger partial charge < -0.3 is 4.74 Å². The predicted molar refractivity (Wildman–Crippen MR) is 75.3 cm³/mol. The summed E-state index contributed by atoms with van der Waals surface area (Å²) in [7, 11) is 0. The third kappa shape index (κ3) is 5.76. The lowest BCUT2D eigenvalue weighted by molar-refractivity contribution is -0.139. The molecule has 0 radical (unpaired) electrons. The predicted octanol–water partition coefficient (Wildman–Crippen LogP) is 1.02. The molecule has 0 heterocycles. The van der Waals surface area contributed by atoms with Gasteiger partial charge in [0.15, 0.2) is 0 Å². The maximum absolute atomic E-state index is 11.3. The van der Waals surface area contributed by atoms with Crippen LogP contribution >= 0.6 is 11.8 Å². The average molecular weight is 282 g/mol. The number of esters is 1. The highest BCUT2D eigenvalue weighted by Gasteiger charge is 2.08. The quantitative estimate of drug-likeness (QED) is 0.338. The zero-order chi connectivity index (χ0) is 14.1. The summed E-state index contributed by atoms with van der Waals surface area (Å²) in [6.45, 7) is 2.18. The summed E-state index contributed by atoms with van der Waals surface area (Å²) in [4.78, 5) is 22.5. The Hall–Kier alpha value is -1.53. The molecule has 0 aliphatic carbocycles. The van der Waals surface area contributed by atoms with Crippen LogP contribution in [-0.2, 0) is 26.5 Å². The molecule has 0 aliphatic heterocycles. The third-order valence-electron chi connectivity index (χ3n) is 2.41. The molecule has 0 spiro atoms. The minimum Gasteiger partial charge on any atom is -0.465 e. The first-order chi connectivity index (χ1) is 9.17. The molecular weight excluding hydrogens is 264 g/mol. The van der Waals surface area contributed by atoms with Gasteiger partial charge >= 0.3 is 5.97 Å². The van der Waals surface area contributed by atoms with Gasteiger partial charge in [-0.3, -0.25) is 15.0 Å². The topological polar surface area (TPSA) is 81.4 Å². The summed E-state index contributed by atoms with van der Waals surface area (Å²) >= 11 is 1.47. The van der Waals surface area contributed by atoms with Crippen LogP contribution in [0.3, 0.4) is 0 Å². The van der Waals surface area contributed by atoms with E-state index in [0.29, 0.717) is 18.1 Å². The molecule has 1 rings (SSSR count). The maximum Gasteiger partial charge on any atom is 0.315 e. The van der Waals surface area contributed by atoms with Crippen molar-refractivity contribution in [3.8, 4) is 0 Å². The molecule has 104 valence electrons. The fourth-order valence-corrected chi connectivity index (χ4v) is 2.40. The van der Waals surface area contributed by atoms with E-state index in [0.717, 1.165) is 11.1 Å². The van der Waals surface area contributed by atoms with Crippen molar-refractivity contribution < 1.29 is 14.3 Å². The molecule has 0 fully saturated rings. The van der Waals surface area contributed by atoms with E-state index in [2.05, 4.69) is 5.43 Å². The van der Waals surface area contributed by atoms with Crippen molar-refractivity contribution in [2.45, 2.75) is 19.1 Å². The molecule has 1 aromatic carbocycles. The summed E-state index contributed by atoms with van der Waals surface area (Å²) in [5.41, 5.74) is 4.06. The van der Waals surface area contributed by atoms with Crippen molar-refractivity contribution in [3.05, 3.63) is 35.4 Å². The number of nitrogens with two attached hydrogens (primary N) is 1. The molecule has 0 saturated heterocycles. The van der Waals surface area contributed by atoms with Gasteiger partial charge in [-0.2, -0.15) is 0 Å². The van der Waals surface area contributed by atoms with E-state index in [1.54, 1.807) is 6.92 Å². The number of hydrogen-bond donors (Lipinski definition) is 2. The average Bonchev–Trinajstić information content (AvgIpc) is 2.41. The first-order valence-corrected chi connectivity index (χ1v) is 7.12. The minimum atomic E-state index is -0.233. The number of ether oxygens (including phenoxy) is 1. The van der Waals surface area contributed by atoms with E-state index in [1.807, 2.05) is 24.3 Å². The molecule has 1 aromatic rings. The Morgan fingerprint density at radius 3 is 2.63 bits per heavy atom. The largest absolute Gasteiger partial charge is 0.465 e. The lowest BCUT2D eigenvalue weighted by atomic mass is 10.1. The van der Waals surface area contributed by atoms with Crippen LogP contribution in [0.2, 0.25) is 0 Å². The van der Waals surface area contributed by atoms with E-state index in [4.69, 9.17) is 10.6 Å². The molecule has 0 aliphatic rings. The van der Waals surface area contributed by atoms with Crippen molar-refractivity contribution in [3.63, 3.8) is 0 Å². The Morgan fingerprint density at radius 2 is 2.00 bits per heavy atom. The molecule has 19 heavy (non-hydrogen) atoms. The fourth-order valence-electron chi connectivity index (χ4n) is 1.54. The van der Waals surface area contributed by atoms with Gasteiger partial charge in [0.2, 0.25) is 5.91 Å². The highest BCUT2D eigenvalue weighted by atomic mass is 32.2. The van der Waals surface area contributed by atoms with Crippen LogP contribution in [0.1, 0.15) is 18.1 Å². The molecule has 6 heteroatoms. The highest BCUT2D eigenvalue weighted by molar-refractivity contribution is 7.99. The normalized spacial score (nSPS) is 10.0. The summed E-state index contributed by atoms with van der Waals surface area (Å²) in [5.74, 6) is 5.60. The van der Waals surface area contributed by atoms with Gasteiger partial charge in [-0.1, -0.05) is 24.3 Å². The summed E-state index contributed by atoms with van der Waals surface area (Å²) in [6, 6.07) is 7.61. The zero-order valence-electron chi connectivity index (χ0n) is 10.8. The van der Waals surface area contributed by atoms with Crippen molar-refractivity contribution in [2.24, 2.45) is 5.84 Å². The van der Waals surface area contributed by atoms with Crippen LogP contribution in [0, 0.1) is 0 Å². The molecule has 5 nitrogen and oxygen atoms in total. The van der Waals surface area contributed by atoms with Crippen molar-refractivity contribution in [1.29, 1.82) is 0 Å². The van der Waals surface area contributed by atoms with Gasteiger partial charge in [-0.15, -0.1) is 11.8 Å². The lowest BCUT2D eigenvalue weighted by Crippen LogP contribution is -2.31. The Balaban J connectivity index is 2.53. The summed E-state index contributed by atoms with van der Waals surface area (Å²) < 4.78 is 4.85. The molecule has 1 amide bonds. The van der Waals surface area contributed by atoms with E-state index in [-0.39, 0.29) is 18.3 Å². The number of carbonyl (C=O) groups excluding carboxylic acids is 2. The van der Waals surface area contributed by atoms with Crippen molar-refractivity contribution >= 4 is 23.6 Å². The SMILES string of the molecule is CCOC(=O)CSCc1ccccc1CC(=O)NN. The molecular formula is C13H18N2O3S. The number of hydrogen-bond acceptors (Lipinski definition) is 5. The summed E-state index contributed by atoms with van der Waals surface area (Å²) in [5, 5.41) is 0. The first-order valence-electron chi connectivity index (χ1n) is 5.97. The Kier molecular flexibility index (Phi) is 6.99. The Labute approximate surface area is 116 Å². The van der Waals surface area contributed by atoms with E-state index >= 15 is 0 Å². The third-order valence-corrected chi connectivity index (χ3v) is 3.37. The van der Waals surface area contributed by atoms with Crippen molar-refractivity contribution in [1.82, 2.24) is 5.43 Å². The molecule has 0 bridgehead atoms. The van der Waals surface area contributed by atoms with Gasteiger partial charge in [0.25, 0.3) is 0 Å². The van der Waals surface area contributed by atoms with Crippen molar-refractivity contribution in [2.75, 3.05) is 12.4 Å². The monoisotopic (exact) mass is 282 g/mol. The molecule has 3 N–H and O–H groups in total. The number of hydrazine groups is 1. The summed E-state index contributed by atoms with van der Waals surface area (Å²) in [6.07, 6.45) is 0.243. The van der Waals surface area contributed by atoms with Crippen LogP contribution in [0.25, 0.3) is 0 Å². The van der Waals surface area contributed by atoms with Crippen LogP contribution < -0.4 is 11.3 Å². The number of benzene rings is 1. The smallest absolute Gasteiger partial charge is 0.315 e. The lowest BCUT2D eigenvalue weighted by Gasteiger charge is -2.08. The van der Waals surface area contributed by atoms with Gasteiger partial charge in [-0.25, -0.2) is 5.84 Å². The number of amides is 1. The second-order valence-corrected chi connectivity index (χ2v) is 4.80. The first kappa shape index (κ1) is 15.5. The highest BCUT2D eigenvalue weighted by Crippen LogP contribution is 2.17. The standard InChI is InChI=1S/C13H18N2O3S/c1-2-18-13(17)9-19-8-11-6-4-3-5-10(11)7-12(16)15-14/h3-6H,2,7-9,14H2,1H3,(H,15,16). The molecule has 0 aromatic heterocycles. The second-order valence-electron chi connectivity index (χ2n) is 3.81. The van der Waals surface area contributed by atoms with Crippen LogP contribution in [0.5, 0.6) is 0 Å². The van der Waals surface area contributed by atoms with Crippen LogP contribution in [0.4, 0.5) is 0 Å². The Morgan fingerprint density at radius 1 is 1.32 bits per heavy atom. The maximum atomic E-state index is 11.3. The number of thioether (sulfide) groups is 1.